The molecule has 186 valence electrons. The highest BCUT2D eigenvalue weighted by molar-refractivity contribution is 5.94. The Morgan fingerprint density at radius 1 is 1.00 bits per heavy atom. The monoisotopic (exact) mass is 500 g/mol. The van der Waals surface area contributed by atoms with Crippen LogP contribution in [0.2, 0.25) is 0 Å². The number of rotatable bonds is 5. The number of likely N-dealkylation sites (tertiary alicyclic amines) is 1. The number of halogens is 5. The zero-order valence-electron chi connectivity index (χ0n) is 18.9. The van der Waals surface area contributed by atoms with E-state index < -0.39 is 28.8 Å². The zero-order valence-corrected chi connectivity index (χ0v) is 18.9. The van der Waals surface area contributed by atoms with Gasteiger partial charge in [-0.15, -0.1) is 0 Å². The third-order valence-corrected chi connectivity index (χ3v) is 6.44. The molecule has 0 spiro atoms. The number of benzene rings is 2. The van der Waals surface area contributed by atoms with Gasteiger partial charge in [-0.05, 0) is 42.7 Å². The Morgan fingerprint density at radius 2 is 1.75 bits per heavy atom. The number of nitrogens with zero attached hydrogens (tertiary/aromatic N) is 2. The summed E-state index contributed by atoms with van der Waals surface area (Å²) in [4.78, 5) is 21.4. The molecule has 4 aromatic rings. The number of nitrogens with one attached hydrogen (secondary N) is 2. The lowest BCUT2D eigenvalue weighted by Gasteiger charge is -2.32. The maximum atomic E-state index is 14.3. The van der Waals surface area contributed by atoms with E-state index in [1.165, 1.54) is 24.5 Å². The Morgan fingerprint density at radius 3 is 2.44 bits per heavy atom. The van der Waals surface area contributed by atoms with Crippen LogP contribution in [0.3, 0.4) is 0 Å². The van der Waals surface area contributed by atoms with Crippen molar-refractivity contribution in [2.75, 3.05) is 13.1 Å². The van der Waals surface area contributed by atoms with Crippen molar-refractivity contribution >= 4 is 16.8 Å². The molecule has 0 atom stereocenters. The largest absolute Gasteiger partial charge is 0.358 e. The van der Waals surface area contributed by atoms with E-state index in [1.54, 1.807) is 24.3 Å². The molecule has 0 unspecified atom stereocenters. The van der Waals surface area contributed by atoms with Crippen LogP contribution in [0.1, 0.15) is 28.8 Å². The molecule has 36 heavy (non-hydrogen) atoms. The van der Waals surface area contributed by atoms with Crippen LogP contribution in [0.4, 0.5) is 22.0 Å². The van der Waals surface area contributed by atoms with Gasteiger partial charge < -0.3 is 10.3 Å². The molecule has 10 heteroatoms. The molecular formula is C26H21F5N4O. The van der Waals surface area contributed by atoms with Gasteiger partial charge in [-0.25, -0.2) is 22.0 Å². The molecule has 0 bridgehead atoms. The van der Waals surface area contributed by atoms with E-state index in [-0.39, 0.29) is 29.7 Å². The van der Waals surface area contributed by atoms with Crippen molar-refractivity contribution in [3.05, 3.63) is 89.0 Å². The van der Waals surface area contributed by atoms with E-state index in [0.717, 1.165) is 0 Å². The first-order valence-corrected chi connectivity index (χ1v) is 11.4. The normalized spacial score (nSPS) is 14.9. The van der Waals surface area contributed by atoms with Gasteiger partial charge in [0.15, 0.2) is 23.3 Å². The van der Waals surface area contributed by atoms with E-state index in [0.29, 0.717) is 48.3 Å². The highest BCUT2D eigenvalue weighted by Gasteiger charge is 2.26. The van der Waals surface area contributed by atoms with Crippen molar-refractivity contribution < 1.29 is 26.7 Å². The number of pyridine rings is 1. The van der Waals surface area contributed by atoms with Crippen LogP contribution < -0.4 is 5.32 Å². The third-order valence-electron chi connectivity index (χ3n) is 6.44. The minimum Gasteiger partial charge on any atom is -0.358 e. The van der Waals surface area contributed by atoms with Crippen molar-refractivity contribution in [2.45, 2.75) is 25.4 Å². The minimum atomic E-state index is -1.84. The lowest BCUT2D eigenvalue weighted by molar-refractivity contribution is 0.0908. The Hall–Kier alpha value is -3.79. The molecule has 1 aliphatic rings. The van der Waals surface area contributed by atoms with Crippen LogP contribution in [-0.2, 0) is 6.54 Å². The fourth-order valence-electron chi connectivity index (χ4n) is 4.52. The SMILES string of the molecule is O=C(NC1CCN(Cc2c[nH]c3c(F)c(F)c(F)c(F)c23)CC1)c1ccc(-c2cccc(F)c2)nc1. The van der Waals surface area contributed by atoms with Crippen molar-refractivity contribution in [1.29, 1.82) is 0 Å². The van der Waals surface area contributed by atoms with Gasteiger partial charge in [-0.1, -0.05) is 12.1 Å². The molecule has 2 N–H and O–H groups in total. The highest BCUT2D eigenvalue weighted by atomic mass is 19.2. The van der Waals surface area contributed by atoms with Crippen molar-refractivity contribution in [3.8, 4) is 11.3 Å². The number of carbonyl (C=O) groups excluding carboxylic acids is 1. The average Bonchev–Trinajstić information content (AvgIpc) is 3.31. The average molecular weight is 500 g/mol. The number of aromatic amines is 1. The van der Waals surface area contributed by atoms with Gasteiger partial charge in [0, 0.05) is 49.0 Å². The first kappa shape index (κ1) is 23.9. The number of carbonyl (C=O) groups is 1. The maximum absolute atomic E-state index is 14.3. The van der Waals surface area contributed by atoms with Gasteiger partial charge in [0.25, 0.3) is 5.91 Å². The second-order valence-electron chi connectivity index (χ2n) is 8.79. The van der Waals surface area contributed by atoms with Crippen molar-refractivity contribution in [1.82, 2.24) is 20.2 Å². The van der Waals surface area contributed by atoms with E-state index in [4.69, 9.17) is 0 Å². The summed E-state index contributed by atoms with van der Waals surface area (Å²) in [6.07, 6.45) is 4.02. The molecule has 1 fully saturated rings. The highest BCUT2D eigenvalue weighted by Crippen LogP contribution is 2.30. The van der Waals surface area contributed by atoms with Gasteiger partial charge in [0.1, 0.15) is 5.82 Å². The number of H-pyrrole nitrogens is 1. The molecule has 5 nitrogen and oxygen atoms in total. The summed E-state index contributed by atoms with van der Waals surface area (Å²) < 4.78 is 68.9. The second kappa shape index (κ2) is 9.69. The molecule has 1 amide bonds. The first-order chi connectivity index (χ1) is 17.3. The lowest BCUT2D eigenvalue weighted by Crippen LogP contribution is -2.44. The number of hydrogen-bond donors (Lipinski definition) is 2. The van der Waals surface area contributed by atoms with E-state index >= 15 is 0 Å². The van der Waals surface area contributed by atoms with Crippen molar-refractivity contribution in [3.63, 3.8) is 0 Å². The molecule has 3 heterocycles. The van der Waals surface area contributed by atoms with Gasteiger partial charge >= 0.3 is 0 Å². The topological polar surface area (TPSA) is 61.0 Å². The lowest BCUT2D eigenvalue weighted by atomic mass is 10.0. The van der Waals surface area contributed by atoms with Gasteiger partial charge in [0.05, 0.1) is 16.8 Å². The van der Waals surface area contributed by atoms with Crippen LogP contribution in [-0.4, -0.2) is 39.9 Å². The van der Waals surface area contributed by atoms with Crippen molar-refractivity contribution in [2.24, 2.45) is 0 Å². The summed E-state index contributed by atoms with van der Waals surface area (Å²) in [7, 11) is 0. The summed E-state index contributed by atoms with van der Waals surface area (Å²) in [5.74, 6) is -7.19. The van der Waals surface area contributed by atoms with Crippen LogP contribution >= 0.6 is 0 Å². The molecule has 0 saturated carbocycles. The molecule has 5 rings (SSSR count). The summed E-state index contributed by atoms with van der Waals surface area (Å²) in [5.41, 5.74) is 1.46. The summed E-state index contributed by atoms with van der Waals surface area (Å²) in [6.45, 7) is 1.33. The summed E-state index contributed by atoms with van der Waals surface area (Å²) in [6, 6.07) is 9.22. The standard InChI is InChI=1S/C26H21F5N4O/c27-17-3-1-2-14(10-17)19-5-4-15(11-32-19)26(36)34-18-6-8-35(9-7-18)13-16-12-33-25-20(16)21(28)22(29)23(30)24(25)31/h1-5,10-12,18,33H,6-9,13H2,(H,34,36). The van der Waals surface area contributed by atoms with Gasteiger partial charge in [-0.2, -0.15) is 0 Å². The molecule has 1 saturated heterocycles. The Balaban J connectivity index is 1.19. The minimum absolute atomic E-state index is 0.0969. The van der Waals surface area contributed by atoms with Gasteiger partial charge in [0.2, 0.25) is 0 Å². The number of aromatic nitrogens is 2. The predicted molar refractivity (Wildman–Crippen MR) is 124 cm³/mol. The van der Waals surface area contributed by atoms with Crippen LogP contribution in [0, 0.1) is 29.1 Å². The zero-order chi connectivity index (χ0) is 25.4. The first-order valence-electron chi connectivity index (χ1n) is 11.4. The predicted octanol–water partition coefficient (Wildman–Crippen LogP) is 5.32. The summed E-state index contributed by atoms with van der Waals surface area (Å²) >= 11 is 0. The second-order valence-corrected chi connectivity index (χ2v) is 8.79. The maximum Gasteiger partial charge on any atom is 0.253 e. The van der Waals surface area contributed by atoms with Crippen LogP contribution in [0.5, 0.6) is 0 Å². The molecular weight excluding hydrogens is 479 g/mol. The Bertz CT molecular complexity index is 1430. The summed E-state index contributed by atoms with van der Waals surface area (Å²) in [5, 5.41) is 2.67. The number of amides is 1. The number of fused-ring (bicyclic) bond motifs is 1. The number of hydrogen-bond acceptors (Lipinski definition) is 3. The fourth-order valence-corrected chi connectivity index (χ4v) is 4.52. The fraction of sp³-hybridized carbons (Fsp3) is 0.231. The van der Waals surface area contributed by atoms with E-state index in [9.17, 15) is 26.7 Å². The molecule has 2 aromatic carbocycles. The quantitative estimate of drug-likeness (QED) is 0.222. The van der Waals surface area contributed by atoms with E-state index in [2.05, 4.69) is 15.3 Å². The van der Waals surface area contributed by atoms with E-state index in [1.807, 2.05) is 4.90 Å². The van der Waals surface area contributed by atoms with Crippen LogP contribution in [0.15, 0.2) is 48.8 Å². The Labute approximate surface area is 203 Å². The van der Waals surface area contributed by atoms with Crippen LogP contribution in [0.25, 0.3) is 22.2 Å². The smallest absolute Gasteiger partial charge is 0.253 e. The molecule has 0 radical (unpaired) electrons. The van der Waals surface area contributed by atoms with Gasteiger partial charge in [-0.3, -0.25) is 14.7 Å². The molecule has 2 aromatic heterocycles. The molecule has 0 aliphatic carbocycles. The third kappa shape index (κ3) is 4.56. The molecule has 1 aliphatic heterocycles. The number of piperidine rings is 1. The Kier molecular flexibility index (Phi) is 6.44.